The minimum atomic E-state index is -4.29. The Bertz CT molecular complexity index is 4740. The quantitative estimate of drug-likeness (QED) is 0.0209. The van der Waals surface area contributed by atoms with Crippen LogP contribution in [0.3, 0.4) is 0 Å². The van der Waals surface area contributed by atoms with Crippen molar-refractivity contribution in [3.05, 3.63) is 140 Å². The fraction of sp³-hybridized carbons (Fsp3) is 0.541. The number of aliphatic hydroxyl groups excluding tert-OH is 1. The first-order valence-electron chi connectivity index (χ1n) is 39.8. The van der Waals surface area contributed by atoms with Crippen molar-refractivity contribution in [2.75, 3.05) is 72.1 Å². The third-order valence-electron chi connectivity index (χ3n) is 21.5. The summed E-state index contributed by atoms with van der Waals surface area (Å²) in [6, 6.07) is 13.7. The number of carbonyl (C=O) groups excluding carboxylic acids is 14. The molecule has 3 heterocycles. The van der Waals surface area contributed by atoms with E-state index in [0.29, 0.717) is 42.6 Å². The van der Waals surface area contributed by atoms with Crippen molar-refractivity contribution in [1.82, 2.24) is 60.0 Å². The number of nitrogens with zero attached hydrogens (tertiary/aromatic N) is 6. The maximum Gasteiger partial charge on any atom is 0.410 e. The van der Waals surface area contributed by atoms with E-state index >= 15 is 0 Å². The van der Waals surface area contributed by atoms with Gasteiger partial charge in [0, 0.05) is 105 Å². The summed E-state index contributed by atoms with van der Waals surface area (Å²) < 4.78 is 49.5. The van der Waals surface area contributed by atoms with Gasteiger partial charge in [-0.2, -0.15) is 4.31 Å². The number of nitrogens with one attached hydrogen (secondary N) is 7. The van der Waals surface area contributed by atoms with Gasteiger partial charge in [0.1, 0.15) is 92.6 Å². The summed E-state index contributed by atoms with van der Waals surface area (Å²) in [6.07, 6.45) is -1.76. The number of urea groups is 1. The number of hydrogen-bond acceptors (Lipinski definition) is 25. The third-order valence-corrected chi connectivity index (χ3v) is 23.4. The molecule has 1 aliphatic heterocycles. The monoisotopic (exact) mass is 1680 g/mol. The van der Waals surface area contributed by atoms with Crippen LogP contribution < -0.4 is 64.3 Å². The first-order chi connectivity index (χ1) is 57.2. The van der Waals surface area contributed by atoms with Crippen LogP contribution in [0, 0.1) is 29.6 Å². The number of primary amides is 1. The Morgan fingerprint density at radius 3 is 1.72 bits per heavy atom. The van der Waals surface area contributed by atoms with Crippen molar-refractivity contribution in [3.63, 3.8) is 0 Å². The zero-order valence-electron chi connectivity index (χ0n) is 70.6. The average molecular weight is 1680 g/mol. The molecule has 0 bridgehead atoms. The van der Waals surface area contributed by atoms with E-state index in [2.05, 4.69) is 49.1 Å². The van der Waals surface area contributed by atoms with Gasteiger partial charge >= 0.3 is 12.1 Å². The average Bonchev–Trinajstić information content (AvgIpc) is 1.20. The van der Waals surface area contributed by atoms with Crippen LogP contribution >= 0.6 is 0 Å². The Labute approximate surface area is 698 Å². The molecule has 0 unspecified atom stereocenters. The molecule has 35 heteroatoms. The summed E-state index contributed by atoms with van der Waals surface area (Å²) in [5.41, 5.74) is 7.01. The lowest BCUT2D eigenvalue weighted by molar-refractivity contribution is -0.132. The highest BCUT2D eigenvalue weighted by Gasteiger charge is 2.43. The van der Waals surface area contributed by atoms with Gasteiger partial charge in [-0.15, -0.1) is 0 Å². The van der Waals surface area contributed by atoms with Gasteiger partial charge in [0.15, 0.2) is 23.8 Å². The summed E-state index contributed by atoms with van der Waals surface area (Å²) >= 11 is 0. The molecule has 1 aliphatic rings. The molecular formula is C85H114N14O20S. The number of rotatable bonds is 50. The lowest BCUT2D eigenvalue weighted by Crippen LogP contribution is -2.54. The van der Waals surface area contributed by atoms with Crippen LogP contribution in [0.15, 0.2) is 107 Å². The molecule has 1 fully saturated rings. The van der Waals surface area contributed by atoms with E-state index in [-0.39, 0.29) is 133 Å². The maximum absolute atomic E-state index is 14.1. The lowest BCUT2D eigenvalue weighted by Gasteiger charge is -2.43. The van der Waals surface area contributed by atoms with E-state index in [4.69, 9.17) is 19.9 Å². The zero-order chi connectivity index (χ0) is 89.1. The molecule has 0 radical (unpaired) electrons. The van der Waals surface area contributed by atoms with E-state index in [1.54, 1.807) is 108 Å². The number of methoxy groups -OCH3 is 2. The van der Waals surface area contributed by atoms with Crippen LogP contribution in [0.1, 0.15) is 138 Å². The smallest absolute Gasteiger partial charge is 0.410 e. The predicted molar refractivity (Wildman–Crippen MR) is 444 cm³/mol. The van der Waals surface area contributed by atoms with E-state index in [1.165, 1.54) is 64.6 Å². The fourth-order valence-electron chi connectivity index (χ4n) is 14.8. The van der Waals surface area contributed by atoms with Gasteiger partial charge in [-0.05, 0) is 104 Å². The van der Waals surface area contributed by atoms with Crippen molar-refractivity contribution < 1.29 is 94.9 Å². The van der Waals surface area contributed by atoms with Gasteiger partial charge in [-0.25, -0.2) is 61.2 Å². The van der Waals surface area contributed by atoms with Crippen LogP contribution in [0.25, 0.3) is 0 Å². The number of carbonyl (C=O) groups is 5. The number of aromatic nitrogens is 2. The van der Waals surface area contributed by atoms with Crippen molar-refractivity contribution in [3.8, 4) is 0 Å². The number of allylic oxidation sites excluding steroid dienone is 1. The van der Waals surface area contributed by atoms with Gasteiger partial charge in [-0.1, -0.05) is 111 Å². The topological polar surface area (TPSA) is 454 Å². The van der Waals surface area contributed by atoms with E-state index in [0.717, 1.165) is 4.31 Å². The standard InChI is InChI=1S/C85H114N14O20S/c1-15-57(8)79(74(117-13)43-68(49-105)99-37-20-24-72(99)81(118-14)58(9)70(50-106)89-59(10)80(110)61-21-17-16-18-22-61)94(11)73(52-108)76(54(2)3)91-71(51-107)78(56(6)7)95(12)85(114)119-53-60-25-27-62(28-26-60)90-82(111)69(23-19-35-88-84(86)113)92-83(112)77(55(4)5)93-75(109)34-29-63(44-100)87-36-42-120(115,116)96(38-40-97-64(45-101)30-31-65(97)46-102)39-41-98-66(47-103)32-33-67(98)48-104/h16-18,21-22,25-28,30-33,54-59,69,72,74,76-81,87,89,91,110H,15,19-20,23-24,29,34-43,53H2,1-14H3,(H,90,111)(H,92,112)(H,93,109)(H3,86,88,113)/t57-,58+,59+,69-,72-,74+,76-,77-,78-,79-,80+,81+/m0/s1. The highest BCUT2D eigenvalue weighted by molar-refractivity contribution is 7.89. The van der Waals surface area contributed by atoms with E-state index in [1.807, 2.05) is 69.6 Å². The Morgan fingerprint density at radius 1 is 0.642 bits per heavy atom. The molecule has 12 atom stereocenters. The normalized spacial score (nSPS) is 15.2. The largest absolute Gasteiger partial charge is 0.445 e. The minimum absolute atomic E-state index is 0.0216. The molecule has 5 rings (SSSR count). The Hall–Kier alpha value is -11.7. The molecule has 2 aromatic heterocycles. The van der Waals surface area contributed by atoms with Gasteiger partial charge in [0.2, 0.25) is 27.7 Å². The van der Waals surface area contributed by atoms with Crippen LogP contribution in [0.4, 0.5) is 15.3 Å². The second-order valence-corrected chi connectivity index (χ2v) is 32.6. The fourth-order valence-corrected chi connectivity index (χ4v) is 16.1. The molecule has 4 aromatic rings. The van der Waals surface area contributed by atoms with Crippen LogP contribution in [-0.2, 0) is 101 Å². The summed E-state index contributed by atoms with van der Waals surface area (Å²) in [5.74, 6) is 11.8. The Kier molecular flexibility index (Phi) is 40.4. The van der Waals surface area contributed by atoms with E-state index < -0.39 is 130 Å². The van der Waals surface area contributed by atoms with Crippen LogP contribution in [-0.4, -0.2) is 246 Å². The number of likely N-dealkylation sites (tertiary alicyclic amines) is 1. The number of anilines is 1. The SMILES string of the molecule is CC[C@H](C)[C@@H]([C@@H](CC(=C=O)N1CCC[C@H]1[C@H](OC)[C@H](C)C(=C=O)N[C@H](C)[C@@H](O)c1ccccc1)OC)N(C)C(=C=O)[C@@H](NC(=C=O)[C@H](C(C)C)N(C)C(=O)OCc1ccc(NC(=O)[C@H](CCCNC(N)=O)NC(=O)[C@@H](NC(=O)CCC(=C=O)NCCS(=O)(=O)N(CCn2c(=C=O)ccc2=C=O)CCn2c(=C=O)ccc2=C=O)C(C)C)cc1)C(C)C. The molecule has 2 aromatic carbocycles. The Balaban J connectivity index is 1.22. The number of hydrogen-bond donors (Lipinski definition) is 9. The number of nitrogens with two attached hydrogens (primary N) is 1. The molecular weight excluding hydrogens is 1570 g/mol. The molecule has 10 N–H and O–H groups in total. The van der Waals surface area contributed by atoms with Gasteiger partial charge < -0.3 is 86.1 Å². The zero-order valence-corrected chi connectivity index (χ0v) is 71.4. The predicted octanol–water partition coefficient (Wildman–Crippen LogP) is 0.0805. The Morgan fingerprint density at radius 2 is 1.23 bits per heavy atom. The molecule has 650 valence electrons. The van der Waals surface area contributed by atoms with Crippen LogP contribution in [0.2, 0.25) is 0 Å². The summed E-state index contributed by atoms with van der Waals surface area (Å²) in [7, 11) is 1.95. The number of sulfonamides is 1. The first-order valence-corrected chi connectivity index (χ1v) is 41.4. The van der Waals surface area contributed by atoms with Crippen molar-refractivity contribution >= 4 is 99.0 Å². The number of benzene rings is 2. The van der Waals surface area contributed by atoms with E-state index in [9.17, 15) is 80.6 Å². The molecule has 0 spiro atoms. The summed E-state index contributed by atoms with van der Waals surface area (Å²) in [4.78, 5) is 184. The van der Waals surface area contributed by atoms with Gasteiger partial charge in [-0.3, -0.25) is 14.4 Å². The molecule has 0 saturated carbocycles. The molecule has 1 saturated heterocycles. The van der Waals surface area contributed by atoms with Crippen molar-refractivity contribution in [2.24, 2.45) is 35.3 Å². The minimum Gasteiger partial charge on any atom is -0.445 e. The summed E-state index contributed by atoms with van der Waals surface area (Å²) in [5, 5.41) is 30.5. The third kappa shape index (κ3) is 27.7. The van der Waals surface area contributed by atoms with Crippen LogP contribution in [0.5, 0.6) is 0 Å². The first kappa shape index (κ1) is 98.9. The van der Waals surface area contributed by atoms with Crippen molar-refractivity contribution in [2.45, 2.75) is 201 Å². The second-order valence-electron chi connectivity index (χ2n) is 30.5. The number of ether oxygens (including phenoxy) is 3. The maximum atomic E-state index is 14.1. The van der Waals surface area contributed by atoms with Gasteiger partial charge in [0.05, 0.1) is 60.0 Å². The molecule has 0 aliphatic carbocycles. The van der Waals surface area contributed by atoms with Crippen molar-refractivity contribution in [1.29, 1.82) is 0 Å². The highest BCUT2D eigenvalue weighted by atomic mass is 32.2. The molecule has 34 nitrogen and oxygen atoms in total. The molecule has 120 heavy (non-hydrogen) atoms. The second kappa shape index (κ2) is 49.0. The lowest BCUT2D eigenvalue weighted by atomic mass is 9.88. The number of amides is 6. The summed E-state index contributed by atoms with van der Waals surface area (Å²) in [6.45, 7) is 16.9. The van der Waals surface area contributed by atoms with Gasteiger partial charge in [0.25, 0.3) is 0 Å². The number of aliphatic hydroxyl groups is 1. The highest BCUT2D eigenvalue weighted by Crippen LogP contribution is 2.35. The molecule has 6 amide bonds. The number of likely N-dealkylation sites (N-methyl/N-ethyl adjacent to an activating group) is 2.